The fraction of sp³-hybridized carbons (Fsp3) is 0.429. The standard InChI is InChI=1S/C14H16O8/c1-6-2-4-7(5-3-6)13(20)22-14-10(17)8(15)9(16)11(21-14)12(18)19/h2-5,8-11,14-17H,1H3,(H,18,19)/t8-,9-,10+,11-,14-/m0/s1. The molecule has 0 bridgehead atoms. The topological polar surface area (TPSA) is 134 Å². The lowest BCUT2D eigenvalue weighted by atomic mass is 9.99. The van der Waals surface area contributed by atoms with E-state index < -0.39 is 42.6 Å². The maximum absolute atomic E-state index is 11.9. The van der Waals surface area contributed by atoms with Gasteiger partial charge in [0, 0.05) is 0 Å². The van der Waals surface area contributed by atoms with Crippen LogP contribution in [0.5, 0.6) is 0 Å². The van der Waals surface area contributed by atoms with Crippen LogP contribution >= 0.6 is 0 Å². The Balaban J connectivity index is 2.12. The number of aryl methyl sites for hydroxylation is 1. The van der Waals surface area contributed by atoms with Gasteiger partial charge in [0.25, 0.3) is 0 Å². The molecule has 1 aromatic carbocycles. The Hall–Kier alpha value is -2.00. The molecule has 0 unspecified atom stereocenters. The number of aliphatic carboxylic acids is 1. The van der Waals surface area contributed by atoms with E-state index >= 15 is 0 Å². The predicted octanol–water partition coefficient (Wildman–Crippen LogP) is -0.956. The van der Waals surface area contributed by atoms with E-state index in [0.29, 0.717) is 0 Å². The average molecular weight is 312 g/mol. The van der Waals surface area contributed by atoms with Crippen molar-refractivity contribution in [1.29, 1.82) is 0 Å². The van der Waals surface area contributed by atoms with E-state index in [9.17, 15) is 24.9 Å². The summed E-state index contributed by atoms with van der Waals surface area (Å²) in [6.45, 7) is 1.83. The summed E-state index contributed by atoms with van der Waals surface area (Å²) in [5.41, 5.74) is 1.10. The van der Waals surface area contributed by atoms with E-state index in [1.54, 1.807) is 12.1 Å². The van der Waals surface area contributed by atoms with Crippen molar-refractivity contribution in [2.24, 2.45) is 0 Å². The molecule has 0 saturated carbocycles. The molecule has 120 valence electrons. The fourth-order valence-corrected chi connectivity index (χ4v) is 2.01. The highest BCUT2D eigenvalue weighted by Gasteiger charge is 2.48. The zero-order valence-electron chi connectivity index (χ0n) is 11.6. The Morgan fingerprint density at radius 1 is 1.05 bits per heavy atom. The second-order valence-electron chi connectivity index (χ2n) is 5.01. The molecule has 1 aromatic rings. The van der Waals surface area contributed by atoms with Crippen LogP contribution in [0.2, 0.25) is 0 Å². The van der Waals surface area contributed by atoms with E-state index in [1.807, 2.05) is 6.92 Å². The molecule has 2 rings (SSSR count). The minimum Gasteiger partial charge on any atom is -0.479 e. The molecule has 0 aliphatic carbocycles. The van der Waals surface area contributed by atoms with Gasteiger partial charge in [-0.3, -0.25) is 0 Å². The van der Waals surface area contributed by atoms with Crippen LogP contribution in [0.3, 0.4) is 0 Å². The molecule has 8 heteroatoms. The molecule has 1 fully saturated rings. The maximum Gasteiger partial charge on any atom is 0.340 e. The number of rotatable bonds is 3. The number of ether oxygens (including phenoxy) is 2. The summed E-state index contributed by atoms with van der Waals surface area (Å²) in [5.74, 6) is -2.40. The molecule has 5 atom stereocenters. The van der Waals surface area contributed by atoms with Crippen molar-refractivity contribution in [3.8, 4) is 0 Å². The Labute approximate surface area is 125 Å². The van der Waals surface area contributed by atoms with Crippen LogP contribution in [-0.2, 0) is 14.3 Å². The highest BCUT2D eigenvalue weighted by atomic mass is 16.7. The van der Waals surface area contributed by atoms with E-state index in [2.05, 4.69) is 0 Å². The smallest absolute Gasteiger partial charge is 0.340 e. The summed E-state index contributed by atoms with van der Waals surface area (Å²) in [6, 6.07) is 6.33. The van der Waals surface area contributed by atoms with E-state index in [1.165, 1.54) is 12.1 Å². The number of hydrogen-bond donors (Lipinski definition) is 4. The molecule has 4 N–H and O–H groups in total. The third kappa shape index (κ3) is 3.25. The number of hydrogen-bond acceptors (Lipinski definition) is 7. The zero-order chi connectivity index (χ0) is 16.4. The van der Waals surface area contributed by atoms with Crippen molar-refractivity contribution in [2.75, 3.05) is 0 Å². The number of aliphatic hydroxyl groups excluding tert-OH is 3. The van der Waals surface area contributed by atoms with Crippen molar-refractivity contribution in [2.45, 2.75) is 37.6 Å². The van der Waals surface area contributed by atoms with Crippen molar-refractivity contribution in [3.63, 3.8) is 0 Å². The first-order valence-electron chi connectivity index (χ1n) is 6.51. The van der Waals surface area contributed by atoms with Gasteiger partial charge in [0.2, 0.25) is 6.29 Å². The summed E-state index contributed by atoms with van der Waals surface area (Å²) in [7, 11) is 0. The van der Waals surface area contributed by atoms with Gasteiger partial charge >= 0.3 is 11.9 Å². The van der Waals surface area contributed by atoms with Gasteiger partial charge < -0.3 is 29.9 Å². The SMILES string of the molecule is Cc1ccc(C(=O)O[C@@H]2O[C@H](C(=O)O)[C@@H](O)[C@H](O)[C@H]2O)cc1. The summed E-state index contributed by atoms with van der Waals surface area (Å²) < 4.78 is 9.74. The Bertz CT molecular complexity index is 554. The normalized spacial score (nSPS) is 31.5. The number of benzene rings is 1. The number of carbonyl (C=O) groups excluding carboxylic acids is 1. The lowest BCUT2D eigenvalue weighted by Gasteiger charge is -2.37. The van der Waals surface area contributed by atoms with Crippen LogP contribution in [0.4, 0.5) is 0 Å². The van der Waals surface area contributed by atoms with Crippen molar-refractivity contribution < 1.29 is 39.5 Å². The first-order chi connectivity index (χ1) is 10.3. The Morgan fingerprint density at radius 2 is 1.64 bits per heavy atom. The minimum absolute atomic E-state index is 0.175. The Morgan fingerprint density at radius 3 is 2.18 bits per heavy atom. The number of aliphatic hydroxyl groups is 3. The highest BCUT2D eigenvalue weighted by Crippen LogP contribution is 2.23. The van der Waals surface area contributed by atoms with Crippen LogP contribution in [0.25, 0.3) is 0 Å². The number of carboxylic acids is 1. The van der Waals surface area contributed by atoms with Crippen LogP contribution in [0.1, 0.15) is 15.9 Å². The Kier molecular flexibility index (Phi) is 4.77. The van der Waals surface area contributed by atoms with E-state index in [0.717, 1.165) is 5.56 Å². The molecule has 22 heavy (non-hydrogen) atoms. The largest absolute Gasteiger partial charge is 0.479 e. The third-order valence-electron chi connectivity index (χ3n) is 3.32. The van der Waals surface area contributed by atoms with Gasteiger partial charge in [-0.05, 0) is 19.1 Å². The zero-order valence-corrected chi connectivity index (χ0v) is 11.6. The molecule has 0 spiro atoms. The van der Waals surface area contributed by atoms with Gasteiger partial charge in [-0.15, -0.1) is 0 Å². The molecular weight excluding hydrogens is 296 g/mol. The lowest BCUT2D eigenvalue weighted by molar-refractivity contribution is -0.278. The number of carboxylic acid groups (broad SMARTS) is 1. The molecule has 0 radical (unpaired) electrons. The predicted molar refractivity (Wildman–Crippen MR) is 70.9 cm³/mol. The molecule has 1 heterocycles. The van der Waals surface area contributed by atoms with Crippen molar-refractivity contribution in [3.05, 3.63) is 35.4 Å². The van der Waals surface area contributed by atoms with Crippen LogP contribution in [-0.4, -0.2) is 63.1 Å². The van der Waals surface area contributed by atoms with Crippen molar-refractivity contribution >= 4 is 11.9 Å². The van der Waals surface area contributed by atoms with Gasteiger partial charge in [0.1, 0.15) is 18.3 Å². The quantitative estimate of drug-likeness (QED) is 0.525. The first kappa shape index (κ1) is 16.4. The van der Waals surface area contributed by atoms with Crippen LogP contribution in [0.15, 0.2) is 24.3 Å². The molecule has 0 amide bonds. The minimum atomic E-state index is -1.83. The molecular formula is C14H16O8. The van der Waals surface area contributed by atoms with Crippen LogP contribution in [0, 0.1) is 6.92 Å². The number of esters is 1. The summed E-state index contributed by atoms with van der Waals surface area (Å²) >= 11 is 0. The second kappa shape index (κ2) is 6.41. The molecule has 8 nitrogen and oxygen atoms in total. The van der Waals surface area contributed by atoms with Gasteiger partial charge in [0.15, 0.2) is 6.10 Å². The molecule has 1 saturated heterocycles. The van der Waals surface area contributed by atoms with Gasteiger partial charge in [-0.2, -0.15) is 0 Å². The monoisotopic (exact) mass is 312 g/mol. The third-order valence-corrected chi connectivity index (χ3v) is 3.32. The van der Waals surface area contributed by atoms with E-state index in [-0.39, 0.29) is 5.56 Å². The molecule has 1 aliphatic heterocycles. The molecule has 0 aromatic heterocycles. The lowest BCUT2D eigenvalue weighted by Crippen LogP contribution is -2.60. The molecule has 1 aliphatic rings. The van der Waals surface area contributed by atoms with Crippen LogP contribution < -0.4 is 0 Å². The summed E-state index contributed by atoms with van der Waals surface area (Å²) in [4.78, 5) is 22.9. The highest BCUT2D eigenvalue weighted by molar-refractivity contribution is 5.89. The number of carbonyl (C=O) groups is 2. The van der Waals surface area contributed by atoms with E-state index in [4.69, 9.17) is 14.6 Å². The van der Waals surface area contributed by atoms with Gasteiger partial charge in [0.05, 0.1) is 5.56 Å². The van der Waals surface area contributed by atoms with Gasteiger partial charge in [-0.25, -0.2) is 9.59 Å². The van der Waals surface area contributed by atoms with Crippen molar-refractivity contribution in [1.82, 2.24) is 0 Å². The summed E-state index contributed by atoms with van der Waals surface area (Å²) in [6.07, 6.45) is -8.92. The average Bonchev–Trinajstić information content (AvgIpc) is 2.48. The second-order valence-corrected chi connectivity index (χ2v) is 5.01. The first-order valence-corrected chi connectivity index (χ1v) is 6.51. The maximum atomic E-state index is 11.9. The summed E-state index contributed by atoms with van der Waals surface area (Å²) in [5, 5.41) is 37.8. The van der Waals surface area contributed by atoms with Gasteiger partial charge in [-0.1, -0.05) is 17.7 Å². The fourth-order valence-electron chi connectivity index (χ4n) is 2.01.